The number of benzene rings is 4. The van der Waals surface area contributed by atoms with Crippen LogP contribution in [0.4, 0.5) is 0 Å². The standard InChI is InChI=1S/C34H32N2O4/c1-24(19-32(37)28-10-4-2-5-11-28)36-31(34(39)40)21-25-15-17-27(18-16-25)30-14-8-9-26(20-30)22-35-23-33(38)29-12-6-3-7-13-29/h2-20,31,35-36H,21-23H2,1H3,(H,39,40)/b24-19-. The normalized spacial score (nSPS) is 12.0. The SMILES string of the molecule is C/C(=C/C(=O)c1ccccc1)NC(Cc1ccc(-c2cccc(CNCC(=O)c3ccccc3)c2)cc1)C(=O)O. The van der Waals surface area contributed by atoms with Gasteiger partial charge in [0.15, 0.2) is 11.6 Å². The van der Waals surface area contributed by atoms with Crippen LogP contribution >= 0.6 is 0 Å². The predicted molar refractivity (Wildman–Crippen MR) is 157 cm³/mol. The molecule has 4 aromatic rings. The molecule has 40 heavy (non-hydrogen) atoms. The topological polar surface area (TPSA) is 95.5 Å². The molecule has 6 nitrogen and oxygen atoms in total. The monoisotopic (exact) mass is 532 g/mol. The molecular formula is C34H32N2O4. The maximum absolute atomic E-state index is 12.4. The van der Waals surface area contributed by atoms with E-state index in [4.69, 9.17) is 0 Å². The Balaban J connectivity index is 1.35. The van der Waals surface area contributed by atoms with Gasteiger partial charge in [0.1, 0.15) is 6.04 Å². The molecule has 0 bridgehead atoms. The summed E-state index contributed by atoms with van der Waals surface area (Å²) < 4.78 is 0. The maximum atomic E-state index is 12.4. The van der Waals surface area contributed by atoms with Gasteiger partial charge >= 0.3 is 5.97 Å². The van der Waals surface area contributed by atoms with Crippen molar-refractivity contribution >= 4 is 17.5 Å². The number of hydrogen-bond donors (Lipinski definition) is 3. The largest absolute Gasteiger partial charge is 0.480 e. The van der Waals surface area contributed by atoms with Gasteiger partial charge in [0, 0.05) is 35.9 Å². The predicted octanol–water partition coefficient (Wildman–Crippen LogP) is 5.70. The molecule has 0 aliphatic rings. The molecule has 0 saturated heterocycles. The lowest BCUT2D eigenvalue weighted by Crippen LogP contribution is -2.37. The first-order chi connectivity index (χ1) is 19.4. The first kappa shape index (κ1) is 28.2. The summed E-state index contributed by atoms with van der Waals surface area (Å²) in [6.07, 6.45) is 1.69. The lowest BCUT2D eigenvalue weighted by Gasteiger charge is -2.16. The third kappa shape index (κ3) is 8.09. The van der Waals surface area contributed by atoms with Gasteiger partial charge in [-0.1, -0.05) is 103 Å². The zero-order chi connectivity index (χ0) is 28.3. The molecule has 0 aliphatic heterocycles. The number of carbonyl (C=O) groups is 3. The fourth-order valence-electron chi connectivity index (χ4n) is 4.38. The molecule has 6 heteroatoms. The van der Waals surface area contributed by atoms with E-state index in [1.807, 2.05) is 78.9 Å². The van der Waals surface area contributed by atoms with E-state index in [-0.39, 0.29) is 24.5 Å². The minimum absolute atomic E-state index is 0.0509. The first-order valence-electron chi connectivity index (χ1n) is 13.1. The van der Waals surface area contributed by atoms with Crippen molar-refractivity contribution in [1.29, 1.82) is 0 Å². The quantitative estimate of drug-likeness (QED) is 0.151. The lowest BCUT2D eigenvalue weighted by molar-refractivity contribution is -0.139. The van der Waals surface area contributed by atoms with Gasteiger partial charge in [-0.2, -0.15) is 0 Å². The molecule has 4 rings (SSSR count). The number of allylic oxidation sites excluding steroid dienone is 2. The highest BCUT2D eigenvalue weighted by Gasteiger charge is 2.18. The van der Waals surface area contributed by atoms with Gasteiger partial charge < -0.3 is 15.7 Å². The molecule has 0 radical (unpaired) electrons. The molecule has 0 aromatic heterocycles. The molecule has 0 fully saturated rings. The Morgan fingerprint density at radius 1 is 0.750 bits per heavy atom. The molecule has 0 saturated carbocycles. The van der Waals surface area contributed by atoms with Crippen molar-refractivity contribution in [2.75, 3.05) is 6.54 Å². The Morgan fingerprint density at radius 3 is 2.05 bits per heavy atom. The summed E-state index contributed by atoms with van der Waals surface area (Å²) in [6, 6.07) is 33.1. The van der Waals surface area contributed by atoms with Gasteiger partial charge in [0.05, 0.1) is 6.54 Å². The highest BCUT2D eigenvalue weighted by atomic mass is 16.4. The summed E-state index contributed by atoms with van der Waals surface area (Å²) in [5.74, 6) is -1.12. The highest BCUT2D eigenvalue weighted by molar-refractivity contribution is 6.04. The molecule has 202 valence electrons. The van der Waals surface area contributed by atoms with Crippen molar-refractivity contribution in [3.05, 3.63) is 143 Å². The van der Waals surface area contributed by atoms with Crippen LogP contribution in [0.3, 0.4) is 0 Å². The summed E-state index contributed by atoms with van der Waals surface area (Å²) in [4.78, 5) is 36.7. The average molecular weight is 533 g/mol. The number of carboxylic acids is 1. The van der Waals surface area contributed by atoms with E-state index < -0.39 is 12.0 Å². The molecule has 0 spiro atoms. The van der Waals surface area contributed by atoms with E-state index in [1.165, 1.54) is 6.08 Å². The van der Waals surface area contributed by atoms with Gasteiger partial charge in [0.2, 0.25) is 0 Å². The number of nitrogens with one attached hydrogen (secondary N) is 2. The van der Waals surface area contributed by atoms with E-state index in [2.05, 4.69) is 16.7 Å². The number of carboxylic acid groups (broad SMARTS) is 1. The number of Topliss-reactive ketones (excluding diaryl/α,β-unsaturated/α-hetero) is 1. The van der Waals surface area contributed by atoms with Crippen LogP contribution in [0, 0.1) is 0 Å². The van der Waals surface area contributed by atoms with Gasteiger partial charge in [-0.25, -0.2) is 4.79 Å². The second-order valence-electron chi connectivity index (χ2n) is 9.59. The van der Waals surface area contributed by atoms with E-state index >= 15 is 0 Å². The zero-order valence-corrected chi connectivity index (χ0v) is 22.3. The van der Waals surface area contributed by atoms with Crippen LogP contribution in [0.25, 0.3) is 11.1 Å². The average Bonchev–Trinajstić information content (AvgIpc) is 2.98. The molecule has 0 aliphatic carbocycles. The van der Waals surface area contributed by atoms with Crippen LogP contribution in [0.1, 0.15) is 38.8 Å². The maximum Gasteiger partial charge on any atom is 0.326 e. The Kier molecular flexibility index (Phi) is 9.75. The van der Waals surface area contributed by atoms with Crippen molar-refractivity contribution in [2.45, 2.75) is 25.9 Å². The summed E-state index contributed by atoms with van der Waals surface area (Å²) in [5, 5.41) is 16.0. The third-order valence-corrected chi connectivity index (χ3v) is 6.47. The minimum atomic E-state index is -0.991. The van der Waals surface area contributed by atoms with Gasteiger partial charge in [-0.05, 0) is 35.2 Å². The molecular weight excluding hydrogens is 500 g/mol. The second-order valence-corrected chi connectivity index (χ2v) is 9.59. The van der Waals surface area contributed by atoms with Gasteiger partial charge in [0.25, 0.3) is 0 Å². The molecule has 0 amide bonds. The van der Waals surface area contributed by atoms with E-state index in [9.17, 15) is 19.5 Å². The van der Waals surface area contributed by atoms with E-state index in [0.29, 0.717) is 23.4 Å². The molecule has 1 unspecified atom stereocenters. The minimum Gasteiger partial charge on any atom is -0.480 e. The van der Waals surface area contributed by atoms with Crippen molar-refractivity contribution < 1.29 is 19.5 Å². The zero-order valence-electron chi connectivity index (χ0n) is 22.3. The van der Waals surface area contributed by atoms with Crippen molar-refractivity contribution in [2.24, 2.45) is 0 Å². The van der Waals surface area contributed by atoms with Crippen LogP contribution in [0.2, 0.25) is 0 Å². The Labute approximate surface area is 234 Å². The molecule has 1 atom stereocenters. The Bertz CT molecular complexity index is 1480. The van der Waals surface area contributed by atoms with Crippen molar-refractivity contribution in [3.63, 3.8) is 0 Å². The molecule has 4 aromatic carbocycles. The lowest BCUT2D eigenvalue weighted by atomic mass is 9.99. The summed E-state index contributed by atoms with van der Waals surface area (Å²) >= 11 is 0. The number of aliphatic carboxylic acids is 1. The van der Waals surface area contributed by atoms with Crippen molar-refractivity contribution in [1.82, 2.24) is 10.6 Å². The van der Waals surface area contributed by atoms with E-state index in [0.717, 1.165) is 22.3 Å². The van der Waals surface area contributed by atoms with Crippen molar-refractivity contribution in [3.8, 4) is 11.1 Å². The Hall–Kier alpha value is -4.81. The van der Waals surface area contributed by atoms with Gasteiger partial charge in [-0.3, -0.25) is 9.59 Å². The highest BCUT2D eigenvalue weighted by Crippen LogP contribution is 2.22. The smallest absolute Gasteiger partial charge is 0.326 e. The summed E-state index contributed by atoms with van der Waals surface area (Å²) in [7, 11) is 0. The second kappa shape index (κ2) is 13.8. The van der Waals surface area contributed by atoms with Crippen LogP contribution in [0.5, 0.6) is 0 Å². The van der Waals surface area contributed by atoms with Crippen LogP contribution < -0.4 is 10.6 Å². The fraction of sp³-hybridized carbons (Fsp3) is 0.147. The fourth-order valence-corrected chi connectivity index (χ4v) is 4.38. The molecule has 0 heterocycles. The third-order valence-electron chi connectivity index (χ3n) is 6.47. The van der Waals surface area contributed by atoms with Crippen LogP contribution in [-0.4, -0.2) is 35.2 Å². The number of rotatable bonds is 13. The number of hydrogen-bond acceptors (Lipinski definition) is 5. The number of carbonyl (C=O) groups excluding carboxylic acids is 2. The van der Waals surface area contributed by atoms with E-state index in [1.54, 1.807) is 31.2 Å². The Morgan fingerprint density at radius 2 is 1.40 bits per heavy atom. The van der Waals surface area contributed by atoms with Crippen LogP contribution in [0.15, 0.2) is 121 Å². The summed E-state index contributed by atoms with van der Waals surface area (Å²) in [5.41, 5.74) is 5.70. The van der Waals surface area contributed by atoms with Crippen LogP contribution in [-0.2, 0) is 17.8 Å². The number of ketones is 2. The first-order valence-corrected chi connectivity index (χ1v) is 13.1. The van der Waals surface area contributed by atoms with Gasteiger partial charge in [-0.15, -0.1) is 0 Å². The summed E-state index contributed by atoms with van der Waals surface area (Å²) in [6.45, 7) is 2.52. The molecule has 3 N–H and O–H groups in total.